The van der Waals surface area contributed by atoms with E-state index in [0.29, 0.717) is 18.4 Å². The molecule has 0 radical (unpaired) electrons. The zero-order chi connectivity index (χ0) is 13.8. The van der Waals surface area contributed by atoms with Crippen LogP contribution in [-0.4, -0.2) is 30.9 Å². The molecular weight excluding hydrogens is 236 g/mol. The second kappa shape index (κ2) is 6.74. The summed E-state index contributed by atoms with van der Waals surface area (Å²) in [6, 6.07) is 0. The minimum absolute atomic E-state index is 0.286. The first-order valence-corrected chi connectivity index (χ1v) is 8.06. The minimum atomic E-state index is 0.286. The number of nitrogens with zero attached hydrogens (tertiary/aromatic N) is 1. The van der Waals surface area contributed by atoms with Crippen molar-refractivity contribution in [1.82, 2.24) is 4.90 Å². The summed E-state index contributed by atoms with van der Waals surface area (Å²) in [5.41, 5.74) is 5.65. The lowest BCUT2D eigenvalue weighted by Gasteiger charge is -2.39. The number of hydrogen-bond donors (Lipinski definition) is 1. The molecule has 110 valence electrons. The Morgan fingerprint density at radius 2 is 1.89 bits per heavy atom. The molecule has 2 aliphatic rings. The van der Waals surface area contributed by atoms with E-state index in [0.717, 1.165) is 31.2 Å². The molecule has 2 rings (SSSR count). The molecule has 0 aliphatic heterocycles. The van der Waals surface area contributed by atoms with Crippen LogP contribution < -0.4 is 5.73 Å². The van der Waals surface area contributed by atoms with Crippen LogP contribution in [0, 0.1) is 23.7 Å². The first-order chi connectivity index (χ1) is 9.11. The summed E-state index contributed by atoms with van der Waals surface area (Å²) in [5.74, 6) is 2.81. The second-order valence-electron chi connectivity index (χ2n) is 6.87. The van der Waals surface area contributed by atoms with E-state index in [1.54, 1.807) is 0 Å². The highest BCUT2D eigenvalue weighted by atomic mass is 16.2. The molecule has 0 bridgehead atoms. The van der Waals surface area contributed by atoms with Gasteiger partial charge < -0.3 is 10.6 Å². The van der Waals surface area contributed by atoms with Crippen molar-refractivity contribution in [3.63, 3.8) is 0 Å². The van der Waals surface area contributed by atoms with E-state index in [1.165, 1.54) is 32.1 Å². The van der Waals surface area contributed by atoms with Gasteiger partial charge in [0, 0.05) is 19.5 Å². The molecule has 2 fully saturated rings. The molecule has 2 N–H and O–H groups in total. The van der Waals surface area contributed by atoms with Crippen LogP contribution in [0.2, 0.25) is 0 Å². The minimum Gasteiger partial charge on any atom is -0.345 e. The summed E-state index contributed by atoms with van der Waals surface area (Å²) in [6.45, 7) is 3.58. The van der Waals surface area contributed by atoms with Crippen LogP contribution in [0.5, 0.6) is 0 Å². The molecule has 0 heterocycles. The molecular formula is C16H30N2O. The summed E-state index contributed by atoms with van der Waals surface area (Å²) in [7, 11) is 1.95. The van der Waals surface area contributed by atoms with E-state index in [2.05, 4.69) is 6.92 Å². The van der Waals surface area contributed by atoms with Gasteiger partial charge in [-0.1, -0.05) is 32.6 Å². The third-order valence-electron chi connectivity index (χ3n) is 5.25. The molecule has 4 unspecified atom stereocenters. The van der Waals surface area contributed by atoms with Crippen LogP contribution >= 0.6 is 0 Å². The Balaban J connectivity index is 1.86. The van der Waals surface area contributed by atoms with Crippen molar-refractivity contribution in [3.8, 4) is 0 Å². The van der Waals surface area contributed by atoms with Crippen LogP contribution in [0.25, 0.3) is 0 Å². The van der Waals surface area contributed by atoms with E-state index in [4.69, 9.17) is 5.73 Å². The summed E-state index contributed by atoms with van der Waals surface area (Å²) in [5, 5.41) is 0. The van der Waals surface area contributed by atoms with E-state index in [9.17, 15) is 4.79 Å². The van der Waals surface area contributed by atoms with Crippen molar-refractivity contribution in [2.45, 2.75) is 51.9 Å². The van der Waals surface area contributed by atoms with Crippen molar-refractivity contribution >= 4 is 5.91 Å². The quantitative estimate of drug-likeness (QED) is 0.850. The van der Waals surface area contributed by atoms with Crippen molar-refractivity contribution in [1.29, 1.82) is 0 Å². The van der Waals surface area contributed by atoms with Gasteiger partial charge >= 0.3 is 0 Å². The molecule has 0 aromatic heterocycles. The maximum absolute atomic E-state index is 12.5. The van der Waals surface area contributed by atoms with Gasteiger partial charge in [0.05, 0.1) is 0 Å². The van der Waals surface area contributed by atoms with Crippen molar-refractivity contribution in [2.75, 3.05) is 20.1 Å². The average Bonchev–Trinajstić information content (AvgIpc) is 2.45. The van der Waals surface area contributed by atoms with Gasteiger partial charge in [-0.2, -0.15) is 0 Å². The molecule has 0 saturated heterocycles. The smallest absolute Gasteiger partial charge is 0.225 e. The summed E-state index contributed by atoms with van der Waals surface area (Å²) >= 11 is 0. The fourth-order valence-electron chi connectivity index (χ4n) is 4.04. The molecule has 0 spiro atoms. The number of carbonyl (C=O) groups excluding carboxylic acids is 1. The first-order valence-electron chi connectivity index (χ1n) is 8.06. The van der Waals surface area contributed by atoms with Gasteiger partial charge in [0.2, 0.25) is 5.91 Å². The number of fused-ring (bicyclic) bond motifs is 1. The van der Waals surface area contributed by atoms with E-state index < -0.39 is 0 Å². The fraction of sp³-hybridized carbons (Fsp3) is 0.938. The maximum Gasteiger partial charge on any atom is 0.225 e. The maximum atomic E-state index is 12.5. The molecule has 0 aromatic carbocycles. The third-order valence-corrected chi connectivity index (χ3v) is 5.25. The first kappa shape index (κ1) is 14.8. The highest BCUT2D eigenvalue weighted by molar-refractivity contribution is 5.78. The highest BCUT2D eigenvalue weighted by Crippen LogP contribution is 2.43. The Hall–Kier alpha value is -0.570. The highest BCUT2D eigenvalue weighted by Gasteiger charge is 2.35. The van der Waals surface area contributed by atoms with Crippen LogP contribution in [0.15, 0.2) is 0 Å². The van der Waals surface area contributed by atoms with Gasteiger partial charge in [0.25, 0.3) is 0 Å². The average molecular weight is 266 g/mol. The van der Waals surface area contributed by atoms with Gasteiger partial charge in [-0.05, 0) is 43.6 Å². The summed E-state index contributed by atoms with van der Waals surface area (Å²) < 4.78 is 0. The van der Waals surface area contributed by atoms with Crippen LogP contribution in [0.4, 0.5) is 0 Å². The second-order valence-corrected chi connectivity index (χ2v) is 6.87. The molecule has 4 atom stereocenters. The van der Waals surface area contributed by atoms with Crippen LogP contribution in [0.1, 0.15) is 51.9 Å². The van der Waals surface area contributed by atoms with Gasteiger partial charge in [-0.25, -0.2) is 0 Å². The third kappa shape index (κ3) is 3.71. The number of rotatable bonds is 4. The van der Waals surface area contributed by atoms with Crippen molar-refractivity contribution < 1.29 is 4.79 Å². The van der Waals surface area contributed by atoms with E-state index in [1.807, 2.05) is 11.9 Å². The topological polar surface area (TPSA) is 46.3 Å². The Labute approximate surface area is 117 Å². The standard InChI is InChI=1S/C16H30N2O/c1-12(10-17)11-18(2)16(19)15-8-7-13-5-3-4-6-14(13)9-15/h12-15H,3-11,17H2,1-2H3. The summed E-state index contributed by atoms with van der Waals surface area (Å²) in [4.78, 5) is 14.4. The zero-order valence-corrected chi connectivity index (χ0v) is 12.6. The van der Waals surface area contributed by atoms with Gasteiger partial charge in [-0.3, -0.25) is 4.79 Å². The molecule has 19 heavy (non-hydrogen) atoms. The van der Waals surface area contributed by atoms with E-state index in [-0.39, 0.29) is 5.92 Å². The van der Waals surface area contributed by atoms with Crippen LogP contribution in [0.3, 0.4) is 0 Å². The number of amides is 1. The number of carbonyl (C=O) groups is 1. The Bertz CT molecular complexity index is 305. The van der Waals surface area contributed by atoms with Gasteiger partial charge in [0.1, 0.15) is 0 Å². The predicted molar refractivity (Wildman–Crippen MR) is 78.6 cm³/mol. The van der Waals surface area contributed by atoms with E-state index >= 15 is 0 Å². The number of hydrogen-bond acceptors (Lipinski definition) is 2. The monoisotopic (exact) mass is 266 g/mol. The van der Waals surface area contributed by atoms with Gasteiger partial charge in [-0.15, -0.1) is 0 Å². The normalized spacial score (nSPS) is 32.5. The molecule has 1 amide bonds. The Kier molecular flexibility index (Phi) is 5.26. The lowest BCUT2D eigenvalue weighted by atomic mass is 9.67. The predicted octanol–water partition coefficient (Wildman–Crippen LogP) is 2.65. The number of nitrogens with two attached hydrogens (primary N) is 1. The zero-order valence-electron chi connectivity index (χ0n) is 12.6. The molecule has 2 saturated carbocycles. The van der Waals surface area contributed by atoms with Crippen molar-refractivity contribution in [2.24, 2.45) is 29.4 Å². The Morgan fingerprint density at radius 3 is 2.58 bits per heavy atom. The van der Waals surface area contributed by atoms with Crippen LogP contribution in [-0.2, 0) is 4.79 Å². The largest absolute Gasteiger partial charge is 0.345 e. The Morgan fingerprint density at radius 1 is 1.21 bits per heavy atom. The lowest BCUT2D eigenvalue weighted by Crippen LogP contribution is -2.40. The molecule has 3 heteroatoms. The molecule has 2 aliphatic carbocycles. The van der Waals surface area contributed by atoms with Crippen molar-refractivity contribution in [3.05, 3.63) is 0 Å². The molecule has 0 aromatic rings. The molecule has 3 nitrogen and oxygen atoms in total. The summed E-state index contributed by atoms with van der Waals surface area (Å²) in [6.07, 6.45) is 9.09. The lowest BCUT2D eigenvalue weighted by molar-refractivity contribution is -0.137. The van der Waals surface area contributed by atoms with Gasteiger partial charge in [0.15, 0.2) is 0 Å². The SMILES string of the molecule is CC(CN)CN(C)C(=O)C1CCC2CCCCC2C1. The fourth-order valence-corrected chi connectivity index (χ4v) is 4.04.